The second kappa shape index (κ2) is 9.34. The number of ether oxygens (including phenoxy) is 2. The molecule has 150 valence electrons. The summed E-state index contributed by atoms with van der Waals surface area (Å²) in [6.45, 7) is 8.03. The zero-order valence-corrected chi connectivity index (χ0v) is 18.3. The number of benzene rings is 1. The minimum absolute atomic E-state index is 0.00717. The molecule has 1 aromatic rings. The van der Waals surface area contributed by atoms with Gasteiger partial charge in [-0.3, -0.25) is 0 Å². The molecule has 27 heavy (non-hydrogen) atoms. The molecule has 0 aliphatic carbocycles. The van der Waals surface area contributed by atoms with Gasteiger partial charge >= 0.3 is 0 Å². The first-order chi connectivity index (χ1) is 13.0. The SMILES string of the molecule is C[C@@H]1[C@@H](CC=O)O[C@H](C(C)(C)COCc2ccccc2)CC12SCCCS2. The third kappa shape index (κ3) is 5.11. The van der Waals surface area contributed by atoms with Gasteiger partial charge in [0.2, 0.25) is 0 Å². The highest BCUT2D eigenvalue weighted by atomic mass is 32.2. The molecule has 2 aliphatic rings. The maximum absolute atomic E-state index is 11.3. The lowest BCUT2D eigenvalue weighted by atomic mass is 9.79. The van der Waals surface area contributed by atoms with E-state index in [-0.39, 0.29) is 21.7 Å². The first-order valence-electron chi connectivity index (χ1n) is 9.95. The van der Waals surface area contributed by atoms with Gasteiger partial charge in [-0.25, -0.2) is 0 Å². The summed E-state index contributed by atoms with van der Waals surface area (Å²) in [6, 6.07) is 10.3. The highest BCUT2D eigenvalue weighted by Gasteiger charge is 2.52. The van der Waals surface area contributed by atoms with Crippen LogP contribution in [0.4, 0.5) is 0 Å². The quantitative estimate of drug-likeness (QED) is 0.581. The van der Waals surface area contributed by atoms with Crippen LogP contribution in [0.2, 0.25) is 0 Å². The summed E-state index contributed by atoms with van der Waals surface area (Å²) in [5, 5.41) is 0. The van der Waals surface area contributed by atoms with Gasteiger partial charge in [0, 0.05) is 17.8 Å². The second-order valence-corrected chi connectivity index (χ2v) is 11.5. The molecule has 3 rings (SSSR count). The number of aldehydes is 1. The molecule has 2 saturated heterocycles. The summed E-state index contributed by atoms with van der Waals surface area (Å²) in [5.41, 5.74) is 1.10. The van der Waals surface area contributed by atoms with Crippen molar-refractivity contribution in [2.45, 2.75) is 62.9 Å². The molecule has 5 heteroatoms. The largest absolute Gasteiger partial charge is 0.376 e. The first kappa shape index (κ1) is 21.2. The van der Waals surface area contributed by atoms with Crippen molar-refractivity contribution >= 4 is 29.8 Å². The van der Waals surface area contributed by atoms with E-state index in [1.807, 2.05) is 18.2 Å². The topological polar surface area (TPSA) is 35.5 Å². The van der Waals surface area contributed by atoms with E-state index >= 15 is 0 Å². The van der Waals surface area contributed by atoms with Crippen molar-refractivity contribution in [1.29, 1.82) is 0 Å². The maximum atomic E-state index is 11.3. The molecule has 0 amide bonds. The summed E-state index contributed by atoms with van der Waals surface area (Å²) in [4.78, 5) is 11.3. The highest BCUT2D eigenvalue weighted by Crippen LogP contribution is 2.56. The molecule has 1 spiro atoms. The Hall–Kier alpha value is -0.490. The molecule has 0 bridgehead atoms. The fraction of sp³-hybridized carbons (Fsp3) is 0.682. The number of carbonyl (C=O) groups excluding carboxylic acids is 1. The standard InChI is InChI=1S/C22H32O3S2/c1-17-19(10-11-23)25-20(14-22(17)26-12-7-13-27-22)21(2,3)16-24-15-18-8-5-4-6-9-18/h4-6,8-9,11,17,19-20H,7,10,12-16H2,1-3H3/t17-,19-,20+/m1/s1. The summed E-state index contributed by atoms with van der Waals surface area (Å²) in [7, 11) is 0. The van der Waals surface area contributed by atoms with Crippen LogP contribution in [0.3, 0.4) is 0 Å². The van der Waals surface area contributed by atoms with Gasteiger partial charge < -0.3 is 14.3 Å². The van der Waals surface area contributed by atoms with Crippen LogP contribution < -0.4 is 0 Å². The average molecular weight is 409 g/mol. The third-order valence-electron chi connectivity index (χ3n) is 5.83. The fourth-order valence-electron chi connectivity index (χ4n) is 3.99. The minimum Gasteiger partial charge on any atom is -0.376 e. The number of hydrogen-bond donors (Lipinski definition) is 0. The summed E-state index contributed by atoms with van der Waals surface area (Å²) >= 11 is 4.18. The Kier molecular flexibility index (Phi) is 7.34. The van der Waals surface area contributed by atoms with Crippen molar-refractivity contribution < 1.29 is 14.3 Å². The number of carbonyl (C=O) groups is 1. The van der Waals surface area contributed by atoms with Crippen LogP contribution in [0.5, 0.6) is 0 Å². The van der Waals surface area contributed by atoms with E-state index in [1.165, 1.54) is 23.5 Å². The fourth-order valence-corrected chi connectivity index (χ4v) is 7.64. The van der Waals surface area contributed by atoms with Crippen LogP contribution in [0.25, 0.3) is 0 Å². The van der Waals surface area contributed by atoms with E-state index in [2.05, 4.69) is 56.4 Å². The van der Waals surface area contributed by atoms with Gasteiger partial charge in [-0.1, -0.05) is 51.1 Å². The first-order valence-corrected chi connectivity index (χ1v) is 11.9. The average Bonchev–Trinajstić information content (AvgIpc) is 2.67. The Morgan fingerprint density at radius 2 is 1.96 bits per heavy atom. The molecule has 0 radical (unpaired) electrons. The smallest absolute Gasteiger partial charge is 0.122 e. The van der Waals surface area contributed by atoms with Crippen LogP contribution in [0.1, 0.15) is 45.6 Å². The van der Waals surface area contributed by atoms with Gasteiger partial charge in [-0.2, -0.15) is 0 Å². The summed E-state index contributed by atoms with van der Waals surface area (Å²) < 4.78 is 12.7. The van der Waals surface area contributed by atoms with E-state index in [1.54, 1.807) is 0 Å². The van der Waals surface area contributed by atoms with Gasteiger partial charge in [0.1, 0.15) is 6.29 Å². The Balaban J connectivity index is 1.67. The monoisotopic (exact) mass is 408 g/mol. The van der Waals surface area contributed by atoms with Crippen molar-refractivity contribution in [3.8, 4) is 0 Å². The summed E-state index contributed by atoms with van der Waals surface area (Å²) in [5.74, 6) is 2.81. The van der Waals surface area contributed by atoms with Crippen LogP contribution in [0, 0.1) is 11.3 Å². The molecule has 0 aromatic heterocycles. The predicted molar refractivity (Wildman–Crippen MR) is 115 cm³/mol. The van der Waals surface area contributed by atoms with Gasteiger partial charge in [0.15, 0.2) is 0 Å². The van der Waals surface area contributed by atoms with Crippen molar-refractivity contribution in [2.24, 2.45) is 11.3 Å². The maximum Gasteiger partial charge on any atom is 0.122 e. The van der Waals surface area contributed by atoms with Crippen LogP contribution in [0.15, 0.2) is 30.3 Å². The molecule has 2 heterocycles. The lowest BCUT2D eigenvalue weighted by Gasteiger charge is -2.53. The molecule has 2 aliphatic heterocycles. The van der Waals surface area contributed by atoms with Crippen LogP contribution in [-0.4, -0.2) is 40.7 Å². The van der Waals surface area contributed by atoms with Gasteiger partial charge in [0.05, 0.1) is 29.5 Å². The van der Waals surface area contributed by atoms with E-state index in [4.69, 9.17) is 9.47 Å². The normalized spacial score (nSPS) is 28.2. The lowest BCUT2D eigenvalue weighted by molar-refractivity contribution is -0.149. The Morgan fingerprint density at radius 3 is 2.63 bits per heavy atom. The van der Waals surface area contributed by atoms with Crippen molar-refractivity contribution in [2.75, 3.05) is 18.1 Å². The molecule has 0 unspecified atom stereocenters. The van der Waals surface area contributed by atoms with E-state index in [9.17, 15) is 4.79 Å². The minimum atomic E-state index is -0.0956. The number of rotatable bonds is 7. The van der Waals surface area contributed by atoms with E-state index < -0.39 is 0 Å². The number of thioether (sulfide) groups is 2. The van der Waals surface area contributed by atoms with Crippen molar-refractivity contribution in [3.05, 3.63) is 35.9 Å². The Labute approximate surface area is 172 Å². The third-order valence-corrected chi connectivity index (χ3v) is 9.57. The second-order valence-electron chi connectivity index (χ2n) is 8.39. The molecule has 0 N–H and O–H groups in total. The Morgan fingerprint density at radius 1 is 1.26 bits per heavy atom. The Bertz CT molecular complexity index is 599. The molecular formula is C22H32O3S2. The highest BCUT2D eigenvalue weighted by molar-refractivity contribution is 8.18. The van der Waals surface area contributed by atoms with E-state index in [0.29, 0.717) is 25.6 Å². The van der Waals surface area contributed by atoms with E-state index in [0.717, 1.165) is 12.7 Å². The molecule has 1 aromatic carbocycles. The molecule has 2 fully saturated rings. The zero-order valence-electron chi connectivity index (χ0n) is 16.7. The molecule has 3 atom stereocenters. The number of hydrogen-bond acceptors (Lipinski definition) is 5. The zero-order chi connectivity index (χ0) is 19.3. The van der Waals surface area contributed by atoms with Crippen molar-refractivity contribution in [3.63, 3.8) is 0 Å². The van der Waals surface area contributed by atoms with Crippen LogP contribution >= 0.6 is 23.5 Å². The van der Waals surface area contributed by atoms with Crippen molar-refractivity contribution in [1.82, 2.24) is 0 Å². The lowest BCUT2D eigenvalue weighted by Crippen LogP contribution is -2.54. The summed E-state index contributed by atoms with van der Waals surface area (Å²) in [6.07, 6.45) is 3.92. The molecular weight excluding hydrogens is 376 g/mol. The molecule has 0 saturated carbocycles. The van der Waals surface area contributed by atoms with Crippen LogP contribution in [-0.2, 0) is 20.9 Å². The van der Waals surface area contributed by atoms with Gasteiger partial charge in [-0.05, 0) is 29.9 Å². The van der Waals surface area contributed by atoms with Gasteiger partial charge in [-0.15, -0.1) is 23.5 Å². The predicted octanol–water partition coefficient (Wildman–Crippen LogP) is 5.18. The van der Waals surface area contributed by atoms with Gasteiger partial charge in [0.25, 0.3) is 0 Å². The molecule has 3 nitrogen and oxygen atoms in total.